The lowest BCUT2D eigenvalue weighted by Crippen LogP contribution is -2.28. The van der Waals surface area contributed by atoms with E-state index in [2.05, 4.69) is 15.8 Å². The minimum Gasteiger partial charge on any atom is -0.376 e. The number of hydrogen-bond acceptors (Lipinski definition) is 4. The lowest BCUT2D eigenvalue weighted by molar-refractivity contribution is 0.0818. The highest BCUT2D eigenvalue weighted by atomic mass is 32.1. The largest absolute Gasteiger partial charge is 0.376 e. The number of nitrogens with zero attached hydrogens (tertiary/aromatic N) is 1. The molecule has 0 bridgehead atoms. The van der Waals surface area contributed by atoms with Gasteiger partial charge in [-0.15, -0.1) is 0 Å². The molecular formula is C10H16N2OS. The summed E-state index contributed by atoms with van der Waals surface area (Å²) in [7, 11) is 1.99. The van der Waals surface area contributed by atoms with Crippen LogP contribution in [0.25, 0.3) is 0 Å². The van der Waals surface area contributed by atoms with Crippen LogP contribution >= 0.6 is 11.5 Å². The van der Waals surface area contributed by atoms with E-state index < -0.39 is 0 Å². The Bertz CT molecular complexity index is 294. The van der Waals surface area contributed by atoms with Crippen molar-refractivity contribution in [2.24, 2.45) is 0 Å². The highest BCUT2D eigenvalue weighted by Gasteiger charge is 2.27. The van der Waals surface area contributed by atoms with Crippen LogP contribution in [0.1, 0.15) is 29.5 Å². The highest BCUT2D eigenvalue weighted by molar-refractivity contribution is 7.05. The monoisotopic (exact) mass is 212 g/mol. The molecular weight excluding hydrogens is 196 g/mol. The zero-order chi connectivity index (χ0) is 9.97. The predicted molar refractivity (Wildman–Crippen MR) is 57.6 cm³/mol. The van der Waals surface area contributed by atoms with Crippen molar-refractivity contribution in [2.45, 2.75) is 31.9 Å². The first kappa shape index (κ1) is 10.1. The molecule has 78 valence electrons. The van der Waals surface area contributed by atoms with Gasteiger partial charge in [0.2, 0.25) is 0 Å². The Hall–Kier alpha value is -0.450. The zero-order valence-electron chi connectivity index (χ0n) is 8.62. The van der Waals surface area contributed by atoms with E-state index >= 15 is 0 Å². The fraction of sp³-hybridized carbons (Fsp3) is 0.700. The summed E-state index contributed by atoms with van der Waals surface area (Å²) in [4.78, 5) is 1.29. The molecule has 3 nitrogen and oxygen atoms in total. The molecule has 0 aromatic carbocycles. The number of likely N-dealkylation sites (N-methyl/N-ethyl adjacent to an activating group) is 1. The van der Waals surface area contributed by atoms with E-state index in [1.807, 2.05) is 14.0 Å². The van der Waals surface area contributed by atoms with Gasteiger partial charge in [0, 0.05) is 11.5 Å². The number of hydrogen-bond donors (Lipinski definition) is 1. The van der Waals surface area contributed by atoms with Gasteiger partial charge in [-0.05, 0) is 44.4 Å². The molecule has 0 amide bonds. The Morgan fingerprint density at radius 2 is 2.57 bits per heavy atom. The predicted octanol–water partition coefficient (Wildman–Crippen LogP) is 1.89. The Labute approximate surface area is 88.6 Å². The van der Waals surface area contributed by atoms with Gasteiger partial charge in [0.25, 0.3) is 0 Å². The number of ether oxygens (including phenoxy) is 1. The minimum absolute atomic E-state index is 0.323. The molecule has 4 heteroatoms. The Kier molecular flexibility index (Phi) is 3.15. The summed E-state index contributed by atoms with van der Waals surface area (Å²) in [5.41, 5.74) is 1.10. The molecule has 14 heavy (non-hydrogen) atoms. The minimum atomic E-state index is 0.323. The van der Waals surface area contributed by atoms with Crippen molar-refractivity contribution in [2.75, 3.05) is 13.7 Å². The van der Waals surface area contributed by atoms with Gasteiger partial charge >= 0.3 is 0 Å². The quantitative estimate of drug-likeness (QED) is 0.831. The Morgan fingerprint density at radius 3 is 3.07 bits per heavy atom. The standard InChI is InChI=1S/C10H16N2OS/c1-7-6-9(14-12-7)10(11-2)8-4-3-5-13-8/h6,8,10-11H,3-5H2,1-2H3. The first-order chi connectivity index (χ1) is 6.81. The lowest BCUT2D eigenvalue weighted by Gasteiger charge is -2.20. The van der Waals surface area contributed by atoms with E-state index in [-0.39, 0.29) is 0 Å². The molecule has 1 saturated heterocycles. The zero-order valence-corrected chi connectivity index (χ0v) is 9.43. The van der Waals surface area contributed by atoms with Crippen LogP contribution in [0.4, 0.5) is 0 Å². The average molecular weight is 212 g/mol. The van der Waals surface area contributed by atoms with E-state index in [4.69, 9.17) is 4.74 Å². The number of aromatic nitrogens is 1. The summed E-state index contributed by atoms with van der Waals surface area (Å²) in [5.74, 6) is 0. The van der Waals surface area contributed by atoms with Crippen LogP contribution < -0.4 is 5.32 Å². The second-order valence-corrected chi connectivity index (χ2v) is 4.53. The van der Waals surface area contributed by atoms with Gasteiger partial charge in [-0.25, -0.2) is 0 Å². The lowest BCUT2D eigenvalue weighted by atomic mass is 10.1. The van der Waals surface area contributed by atoms with E-state index in [0.29, 0.717) is 12.1 Å². The second kappa shape index (κ2) is 4.38. The summed E-state index contributed by atoms with van der Waals surface area (Å²) < 4.78 is 9.99. The molecule has 2 atom stereocenters. The SMILES string of the molecule is CNC(c1cc(C)ns1)C1CCCO1. The second-order valence-electron chi connectivity index (χ2n) is 3.69. The van der Waals surface area contributed by atoms with Crippen LogP contribution in [0.15, 0.2) is 6.07 Å². The molecule has 0 aliphatic carbocycles. The summed E-state index contributed by atoms with van der Waals surface area (Å²) in [6.07, 6.45) is 2.67. The fourth-order valence-electron chi connectivity index (χ4n) is 1.91. The average Bonchev–Trinajstić information content (AvgIpc) is 2.79. The molecule has 1 fully saturated rings. The van der Waals surface area contributed by atoms with E-state index in [1.165, 1.54) is 11.3 Å². The van der Waals surface area contributed by atoms with Crippen molar-refractivity contribution in [1.82, 2.24) is 9.69 Å². The van der Waals surface area contributed by atoms with Crippen molar-refractivity contribution >= 4 is 11.5 Å². The summed E-state index contributed by atoms with van der Waals surface area (Å²) in [5, 5.41) is 3.32. The van der Waals surface area contributed by atoms with E-state index in [0.717, 1.165) is 18.7 Å². The van der Waals surface area contributed by atoms with Crippen LogP contribution in [0.2, 0.25) is 0 Å². The van der Waals surface area contributed by atoms with Gasteiger partial charge in [-0.2, -0.15) is 4.37 Å². The molecule has 1 N–H and O–H groups in total. The van der Waals surface area contributed by atoms with Crippen LogP contribution in [0, 0.1) is 6.92 Å². The van der Waals surface area contributed by atoms with Crippen molar-refractivity contribution in [3.8, 4) is 0 Å². The van der Waals surface area contributed by atoms with Gasteiger partial charge in [-0.1, -0.05) is 0 Å². The van der Waals surface area contributed by atoms with Crippen molar-refractivity contribution in [1.29, 1.82) is 0 Å². The molecule has 0 spiro atoms. The molecule has 2 heterocycles. The number of aryl methyl sites for hydroxylation is 1. The smallest absolute Gasteiger partial charge is 0.0779 e. The maximum atomic E-state index is 5.69. The van der Waals surface area contributed by atoms with Crippen LogP contribution in [-0.2, 0) is 4.74 Å². The number of rotatable bonds is 3. The third kappa shape index (κ3) is 1.97. The number of nitrogens with one attached hydrogen (secondary N) is 1. The molecule has 1 aromatic heterocycles. The molecule has 0 saturated carbocycles. The Balaban J connectivity index is 2.12. The van der Waals surface area contributed by atoms with Crippen LogP contribution in [-0.4, -0.2) is 24.1 Å². The Morgan fingerprint density at radius 1 is 1.71 bits per heavy atom. The summed E-state index contributed by atoms with van der Waals surface area (Å²) in [6, 6.07) is 2.47. The first-order valence-corrected chi connectivity index (χ1v) is 5.80. The van der Waals surface area contributed by atoms with Crippen molar-refractivity contribution in [3.63, 3.8) is 0 Å². The van der Waals surface area contributed by atoms with Crippen LogP contribution in [0.5, 0.6) is 0 Å². The fourth-order valence-corrected chi connectivity index (χ4v) is 2.82. The highest BCUT2D eigenvalue weighted by Crippen LogP contribution is 2.29. The maximum absolute atomic E-state index is 5.69. The summed E-state index contributed by atoms with van der Waals surface area (Å²) >= 11 is 1.58. The van der Waals surface area contributed by atoms with E-state index in [1.54, 1.807) is 11.5 Å². The molecule has 1 aromatic rings. The molecule has 1 aliphatic rings. The van der Waals surface area contributed by atoms with Gasteiger partial charge in [0.1, 0.15) is 0 Å². The maximum Gasteiger partial charge on any atom is 0.0779 e. The van der Waals surface area contributed by atoms with Crippen LogP contribution in [0.3, 0.4) is 0 Å². The normalized spacial score (nSPS) is 24.0. The third-order valence-corrected chi connectivity index (χ3v) is 3.56. The molecule has 0 radical (unpaired) electrons. The van der Waals surface area contributed by atoms with Crippen molar-refractivity contribution in [3.05, 3.63) is 16.6 Å². The van der Waals surface area contributed by atoms with Gasteiger partial charge in [-0.3, -0.25) is 0 Å². The molecule has 2 rings (SSSR count). The van der Waals surface area contributed by atoms with Gasteiger partial charge < -0.3 is 10.1 Å². The molecule has 1 aliphatic heterocycles. The summed E-state index contributed by atoms with van der Waals surface area (Å²) in [6.45, 7) is 2.93. The van der Waals surface area contributed by atoms with Gasteiger partial charge in [0.15, 0.2) is 0 Å². The van der Waals surface area contributed by atoms with Gasteiger partial charge in [0.05, 0.1) is 17.8 Å². The third-order valence-electron chi connectivity index (χ3n) is 2.60. The van der Waals surface area contributed by atoms with Crippen molar-refractivity contribution < 1.29 is 4.74 Å². The van der Waals surface area contributed by atoms with E-state index in [9.17, 15) is 0 Å². The molecule has 2 unspecified atom stereocenters. The first-order valence-electron chi connectivity index (χ1n) is 5.03. The topological polar surface area (TPSA) is 34.2 Å².